The number of benzene rings is 2. The van der Waals surface area contributed by atoms with E-state index in [4.69, 9.17) is 0 Å². The number of carbonyl (C=O) groups excluding carboxylic acids is 1. The highest BCUT2D eigenvalue weighted by Gasteiger charge is 2.09. The summed E-state index contributed by atoms with van der Waals surface area (Å²) in [5.41, 5.74) is 3.17. The lowest BCUT2D eigenvalue weighted by Gasteiger charge is -2.07. The first-order valence-corrected chi connectivity index (χ1v) is 7.22. The van der Waals surface area contributed by atoms with Crippen LogP contribution in [-0.4, -0.2) is 17.1 Å². The van der Waals surface area contributed by atoms with Crippen molar-refractivity contribution >= 4 is 33.5 Å². The molecule has 3 aromatic rings. The van der Waals surface area contributed by atoms with Crippen LogP contribution in [0.4, 0.5) is 10.5 Å². The average Bonchev–Trinajstić information content (AvgIpc) is 2.79. The third-order valence-corrected chi connectivity index (χ3v) is 3.71. The van der Waals surface area contributed by atoms with Crippen molar-refractivity contribution in [2.24, 2.45) is 7.05 Å². The largest absolute Gasteiger partial charge is 0.344 e. The molecule has 0 saturated carbocycles. The van der Waals surface area contributed by atoms with Crippen molar-refractivity contribution < 1.29 is 4.79 Å². The fourth-order valence-electron chi connectivity index (χ4n) is 2.66. The molecule has 0 aliphatic heterocycles. The topological polar surface area (TPSA) is 46.1 Å². The molecule has 1 aromatic heterocycles. The Morgan fingerprint density at radius 3 is 2.67 bits per heavy atom. The number of rotatable bonds is 3. The van der Waals surface area contributed by atoms with Gasteiger partial charge in [0, 0.05) is 41.1 Å². The SMILES string of the molecule is CCCNC(=O)Nc1ccc2c(c1)c1ccccc1n2C. The predicted molar refractivity (Wildman–Crippen MR) is 87.7 cm³/mol. The number of hydrogen-bond acceptors (Lipinski definition) is 1. The Balaban J connectivity index is 2.00. The average molecular weight is 281 g/mol. The van der Waals surface area contributed by atoms with Crippen LogP contribution in [0, 0.1) is 0 Å². The van der Waals surface area contributed by atoms with Gasteiger partial charge in [0.25, 0.3) is 0 Å². The Labute approximate surface area is 123 Å². The van der Waals surface area contributed by atoms with Crippen molar-refractivity contribution in [3.63, 3.8) is 0 Å². The fourth-order valence-corrected chi connectivity index (χ4v) is 2.66. The zero-order chi connectivity index (χ0) is 14.8. The first-order chi connectivity index (χ1) is 10.2. The maximum absolute atomic E-state index is 11.7. The summed E-state index contributed by atoms with van der Waals surface area (Å²) in [6.45, 7) is 2.71. The quantitative estimate of drug-likeness (QED) is 0.752. The molecule has 2 amide bonds. The number of amides is 2. The summed E-state index contributed by atoms with van der Waals surface area (Å²) >= 11 is 0. The monoisotopic (exact) mass is 281 g/mol. The summed E-state index contributed by atoms with van der Waals surface area (Å²) in [5.74, 6) is 0. The molecular weight excluding hydrogens is 262 g/mol. The molecule has 0 radical (unpaired) electrons. The molecule has 1 heterocycles. The summed E-state index contributed by atoms with van der Waals surface area (Å²) in [4.78, 5) is 11.7. The van der Waals surface area contributed by atoms with Gasteiger partial charge in [-0.2, -0.15) is 0 Å². The maximum atomic E-state index is 11.7. The molecule has 0 spiro atoms. The number of para-hydroxylation sites is 1. The van der Waals surface area contributed by atoms with E-state index in [2.05, 4.69) is 34.4 Å². The number of fused-ring (bicyclic) bond motifs is 3. The molecule has 0 unspecified atom stereocenters. The van der Waals surface area contributed by atoms with Crippen molar-refractivity contribution in [2.75, 3.05) is 11.9 Å². The van der Waals surface area contributed by atoms with Gasteiger partial charge < -0.3 is 15.2 Å². The van der Waals surface area contributed by atoms with Crippen molar-refractivity contribution in [3.8, 4) is 0 Å². The summed E-state index contributed by atoms with van der Waals surface area (Å²) in [5, 5.41) is 8.06. The molecule has 0 atom stereocenters. The predicted octanol–water partition coefficient (Wildman–Crippen LogP) is 3.86. The normalized spacial score (nSPS) is 11.0. The van der Waals surface area contributed by atoms with Gasteiger partial charge in [0.2, 0.25) is 0 Å². The molecule has 2 aromatic carbocycles. The van der Waals surface area contributed by atoms with Crippen molar-refractivity contribution in [1.29, 1.82) is 0 Å². The van der Waals surface area contributed by atoms with E-state index in [1.54, 1.807) is 0 Å². The summed E-state index contributed by atoms with van der Waals surface area (Å²) in [7, 11) is 2.06. The fraction of sp³-hybridized carbons (Fsp3) is 0.235. The number of aromatic nitrogens is 1. The second-order valence-corrected chi connectivity index (χ2v) is 5.19. The lowest BCUT2D eigenvalue weighted by Crippen LogP contribution is -2.29. The van der Waals surface area contributed by atoms with Gasteiger partial charge in [-0.05, 0) is 30.7 Å². The Morgan fingerprint density at radius 1 is 1.10 bits per heavy atom. The first kappa shape index (κ1) is 13.5. The molecule has 0 aliphatic rings. The third-order valence-electron chi connectivity index (χ3n) is 3.71. The van der Waals surface area contributed by atoms with E-state index in [1.807, 2.05) is 37.3 Å². The molecule has 3 rings (SSSR count). The summed E-state index contributed by atoms with van der Waals surface area (Å²) in [6.07, 6.45) is 0.926. The van der Waals surface area contributed by atoms with Crippen LogP contribution in [0.2, 0.25) is 0 Å². The minimum atomic E-state index is -0.156. The molecule has 4 heteroatoms. The molecular formula is C17H19N3O. The number of aryl methyl sites for hydroxylation is 1. The van der Waals surface area contributed by atoms with Gasteiger partial charge in [-0.25, -0.2) is 4.79 Å². The number of carbonyl (C=O) groups is 1. The number of urea groups is 1. The highest BCUT2D eigenvalue weighted by molar-refractivity contribution is 6.09. The van der Waals surface area contributed by atoms with Crippen molar-refractivity contribution in [3.05, 3.63) is 42.5 Å². The van der Waals surface area contributed by atoms with Crippen LogP contribution in [0.1, 0.15) is 13.3 Å². The molecule has 0 fully saturated rings. The highest BCUT2D eigenvalue weighted by Crippen LogP contribution is 2.29. The minimum Gasteiger partial charge on any atom is -0.344 e. The van der Waals surface area contributed by atoms with Crippen LogP contribution >= 0.6 is 0 Å². The van der Waals surface area contributed by atoms with Gasteiger partial charge in [-0.3, -0.25) is 0 Å². The number of hydrogen-bond donors (Lipinski definition) is 2. The van der Waals surface area contributed by atoms with E-state index in [0.29, 0.717) is 6.54 Å². The van der Waals surface area contributed by atoms with Crippen molar-refractivity contribution in [1.82, 2.24) is 9.88 Å². The standard InChI is InChI=1S/C17H19N3O/c1-3-10-18-17(21)19-12-8-9-16-14(11-12)13-6-4-5-7-15(13)20(16)2/h4-9,11H,3,10H2,1-2H3,(H2,18,19,21). The molecule has 0 aliphatic carbocycles. The van der Waals surface area contributed by atoms with Crippen LogP contribution in [0.25, 0.3) is 21.8 Å². The summed E-state index contributed by atoms with van der Waals surface area (Å²) in [6, 6.07) is 14.2. The smallest absolute Gasteiger partial charge is 0.319 e. The second kappa shape index (κ2) is 5.48. The van der Waals surface area contributed by atoms with Gasteiger partial charge in [-0.15, -0.1) is 0 Å². The van der Waals surface area contributed by atoms with Crippen LogP contribution in [0.5, 0.6) is 0 Å². The zero-order valence-corrected chi connectivity index (χ0v) is 12.3. The van der Waals surface area contributed by atoms with E-state index in [1.165, 1.54) is 10.9 Å². The van der Waals surface area contributed by atoms with Gasteiger partial charge in [0.15, 0.2) is 0 Å². The number of nitrogens with zero attached hydrogens (tertiary/aromatic N) is 1. The van der Waals surface area contributed by atoms with Gasteiger partial charge in [0.1, 0.15) is 0 Å². The Kier molecular flexibility index (Phi) is 3.52. The van der Waals surface area contributed by atoms with Crippen LogP contribution in [0.3, 0.4) is 0 Å². The lowest BCUT2D eigenvalue weighted by atomic mass is 10.1. The van der Waals surface area contributed by atoms with Gasteiger partial charge in [0.05, 0.1) is 0 Å². The van der Waals surface area contributed by atoms with E-state index in [-0.39, 0.29) is 6.03 Å². The van der Waals surface area contributed by atoms with Crippen LogP contribution in [0.15, 0.2) is 42.5 Å². The number of anilines is 1. The highest BCUT2D eigenvalue weighted by atomic mass is 16.2. The van der Waals surface area contributed by atoms with Crippen LogP contribution in [-0.2, 0) is 7.05 Å². The maximum Gasteiger partial charge on any atom is 0.319 e. The molecule has 0 bridgehead atoms. The third kappa shape index (κ3) is 2.44. The zero-order valence-electron chi connectivity index (χ0n) is 12.3. The van der Waals surface area contributed by atoms with E-state index in [9.17, 15) is 4.79 Å². The molecule has 2 N–H and O–H groups in total. The first-order valence-electron chi connectivity index (χ1n) is 7.22. The molecule has 4 nitrogen and oxygen atoms in total. The molecule has 108 valence electrons. The van der Waals surface area contributed by atoms with Gasteiger partial charge in [-0.1, -0.05) is 25.1 Å². The van der Waals surface area contributed by atoms with E-state index in [0.717, 1.165) is 23.0 Å². The van der Waals surface area contributed by atoms with Gasteiger partial charge >= 0.3 is 6.03 Å². The molecule has 21 heavy (non-hydrogen) atoms. The Bertz CT molecular complexity index is 804. The number of nitrogens with one attached hydrogen (secondary N) is 2. The Hall–Kier alpha value is -2.49. The van der Waals surface area contributed by atoms with E-state index >= 15 is 0 Å². The second-order valence-electron chi connectivity index (χ2n) is 5.19. The summed E-state index contributed by atoms with van der Waals surface area (Å²) < 4.78 is 2.17. The van der Waals surface area contributed by atoms with E-state index < -0.39 is 0 Å². The minimum absolute atomic E-state index is 0.156. The van der Waals surface area contributed by atoms with Crippen molar-refractivity contribution in [2.45, 2.75) is 13.3 Å². The lowest BCUT2D eigenvalue weighted by molar-refractivity contribution is 0.252. The van der Waals surface area contributed by atoms with Crippen LogP contribution < -0.4 is 10.6 Å². The Morgan fingerprint density at radius 2 is 1.86 bits per heavy atom. The molecule has 0 saturated heterocycles.